The minimum atomic E-state index is -0.473. The molecule has 3 rings (SSSR count). The molecule has 0 spiro atoms. The van der Waals surface area contributed by atoms with Gasteiger partial charge in [0.25, 0.3) is 0 Å². The normalized spacial score (nSPS) is 13.9. The van der Waals surface area contributed by atoms with Gasteiger partial charge in [0.2, 0.25) is 11.6 Å². The fourth-order valence-corrected chi connectivity index (χ4v) is 2.66. The summed E-state index contributed by atoms with van der Waals surface area (Å²) in [7, 11) is 1.93. The Bertz CT molecular complexity index is 741. The van der Waals surface area contributed by atoms with E-state index in [0.717, 1.165) is 22.4 Å². The number of allylic oxidation sites excluding steroid dienone is 1. The van der Waals surface area contributed by atoms with E-state index in [1.165, 1.54) is 6.08 Å². The van der Waals surface area contributed by atoms with E-state index in [4.69, 9.17) is 0 Å². The number of benzene rings is 1. The molecule has 0 amide bonds. The van der Waals surface area contributed by atoms with Gasteiger partial charge in [-0.3, -0.25) is 9.59 Å². The Balaban J connectivity index is 1.97. The zero-order valence-corrected chi connectivity index (χ0v) is 12.0. The molecule has 21 heavy (non-hydrogen) atoms. The highest BCUT2D eigenvalue weighted by Crippen LogP contribution is 2.30. The number of aromatic amines is 1. The number of aryl methyl sites for hydroxylation is 1. The third kappa shape index (κ3) is 2.29. The maximum Gasteiger partial charge on any atom is 0.249 e. The third-order valence-corrected chi connectivity index (χ3v) is 3.73. The molecule has 0 saturated heterocycles. The second-order valence-corrected chi connectivity index (χ2v) is 5.29. The standard InChI is InChI=1S/C17H16N2O2/c1-11-9-18-16-15(11)13(8-14(20)17(16)21)19(2)10-12-6-4-3-5-7-12/h3-9,18H,10H2,1-2H3. The molecule has 0 unspecified atom stereocenters. The van der Waals surface area contributed by atoms with Crippen LogP contribution in [-0.2, 0) is 11.3 Å². The van der Waals surface area contributed by atoms with Gasteiger partial charge in [0.15, 0.2) is 0 Å². The lowest BCUT2D eigenvalue weighted by Crippen LogP contribution is -2.25. The molecule has 106 valence electrons. The molecule has 4 nitrogen and oxygen atoms in total. The maximum absolute atomic E-state index is 11.9. The first-order valence-electron chi connectivity index (χ1n) is 6.81. The quantitative estimate of drug-likeness (QED) is 0.879. The van der Waals surface area contributed by atoms with E-state index < -0.39 is 11.6 Å². The summed E-state index contributed by atoms with van der Waals surface area (Å²) in [4.78, 5) is 28.7. The smallest absolute Gasteiger partial charge is 0.249 e. The Labute approximate surface area is 123 Å². The highest BCUT2D eigenvalue weighted by Gasteiger charge is 2.30. The fraction of sp³-hybridized carbons (Fsp3) is 0.176. The van der Waals surface area contributed by atoms with Gasteiger partial charge >= 0.3 is 0 Å². The highest BCUT2D eigenvalue weighted by molar-refractivity contribution is 6.50. The van der Waals surface area contributed by atoms with Gasteiger partial charge in [-0.25, -0.2) is 0 Å². The molecule has 2 aromatic rings. The first-order chi connectivity index (χ1) is 10.1. The van der Waals surface area contributed by atoms with E-state index in [1.54, 1.807) is 6.20 Å². The zero-order chi connectivity index (χ0) is 15.0. The summed E-state index contributed by atoms with van der Waals surface area (Å²) in [5, 5.41) is 0. The van der Waals surface area contributed by atoms with Crippen molar-refractivity contribution in [2.75, 3.05) is 7.05 Å². The van der Waals surface area contributed by atoms with Crippen LogP contribution in [0.25, 0.3) is 5.70 Å². The Morgan fingerprint density at radius 2 is 1.86 bits per heavy atom. The zero-order valence-electron chi connectivity index (χ0n) is 12.0. The van der Waals surface area contributed by atoms with Crippen molar-refractivity contribution in [1.82, 2.24) is 9.88 Å². The van der Waals surface area contributed by atoms with Crippen molar-refractivity contribution >= 4 is 17.3 Å². The molecule has 0 atom stereocenters. The molecule has 1 aromatic heterocycles. The molecule has 1 aliphatic rings. The van der Waals surface area contributed by atoms with Gasteiger partial charge < -0.3 is 9.88 Å². The van der Waals surface area contributed by atoms with Crippen LogP contribution in [0, 0.1) is 6.92 Å². The number of hydrogen-bond donors (Lipinski definition) is 1. The summed E-state index contributed by atoms with van der Waals surface area (Å²) >= 11 is 0. The van der Waals surface area contributed by atoms with Crippen LogP contribution in [0.3, 0.4) is 0 Å². The summed E-state index contributed by atoms with van der Waals surface area (Å²) in [5.41, 5.74) is 4.14. The molecule has 1 heterocycles. The maximum atomic E-state index is 11.9. The van der Waals surface area contributed by atoms with Gasteiger partial charge in [0, 0.05) is 31.4 Å². The van der Waals surface area contributed by atoms with Crippen LogP contribution in [0.2, 0.25) is 0 Å². The van der Waals surface area contributed by atoms with Gasteiger partial charge in [-0.05, 0) is 18.1 Å². The second kappa shape index (κ2) is 5.05. The lowest BCUT2D eigenvalue weighted by atomic mass is 9.96. The number of H-pyrrole nitrogens is 1. The minimum Gasteiger partial charge on any atom is -0.370 e. The van der Waals surface area contributed by atoms with Crippen molar-refractivity contribution in [2.24, 2.45) is 0 Å². The van der Waals surface area contributed by atoms with Crippen LogP contribution < -0.4 is 0 Å². The first-order valence-corrected chi connectivity index (χ1v) is 6.81. The number of carbonyl (C=O) groups is 2. The van der Waals surface area contributed by atoms with Crippen molar-refractivity contribution in [3.8, 4) is 0 Å². The summed E-state index contributed by atoms with van der Waals surface area (Å²) in [6, 6.07) is 10.0. The van der Waals surface area contributed by atoms with E-state index in [0.29, 0.717) is 12.2 Å². The molecular formula is C17H16N2O2. The molecule has 0 aliphatic heterocycles. The molecule has 0 saturated carbocycles. The summed E-state index contributed by atoms with van der Waals surface area (Å²) in [6.45, 7) is 2.61. The van der Waals surface area contributed by atoms with Crippen molar-refractivity contribution in [3.63, 3.8) is 0 Å². The molecule has 1 aromatic carbocycles. The van der Waals surface area contributed by atoms with Crippen LogP contribution in [0.1, 0.15) is 27.2 Å². The number of nitrogens with one attached hydrogen (secondary N) is 1. The average molecular weight is 280 g/mol. The highest BCUT2D eigenvalue weighted by atomic mass is 16.2. The van der Waals surface area contributed by atoms with Crippen molar-refractivity contribution in [2.45, 2.75) is 13.5 Å². The lowest BCUT2D eigenvalue weighted by molar-refractivity contribution is -0.111. The predicted molar refractivity (Wildman–Crippen MR) is 80.8 cm³/mol. The van der Waals surface area contributed by atoms with Crippen LogP contribution in [0.5, 0.6) is 0 Å². The number of Topliss-reactive ketones (excluding diaryl/α,β-unsaturated/α-hetero) is 1. The van der Waals surface area contributed by atoms with Crippen LogP contribution in [-0.4, -0.2) is 28.5 Å². The number of hydrogen-bond acceptors (Lipinski definition) is 3. The second-order valence-electron chi connectivity index (χ2n) is 5.29. The third-order valence-electron chi connectivity index (χ3n) is 3.73. The van der Waals surface area contributed by atoms with E-state index in [2.05, 4.69) is 4.98 Å². The number of rotatable bonds is 3. The lowest BCUT2D eigenvalue weighted by Gasteiger charge is -2.25. The van der Waals surface area contributed by atoms with Gasteiger partial charge in [0.05, 0.1) is 5.70 Å². The number of aromatic nitrogens is 1. The Morgan fingerprint density at radius 1 is 1.14 bits per heavy atom. The van der Waals surface area contributed by atoms with Gasteiger partial charge in [0.1, 0.15) is 5.69 Å². The SMILES string of the molecule is Cc1c[nH]c2c1C(N(C)Cc1ccccc1)=CC(=O)C2=O. The van der Waals surface area contributed by atoms with Crippen molar-refractivity contribution in [1.29, 1.82) is 0 Å². The van der Waals surface area contributed by atoms with E-state index in [9.17, 15) is 9.59 Å². The van der Waals surface area contributed by atoms with Gasteiger partial charge in [-0.15, -0.1) is 0 Å². The van der Waals surface area contributed by atoms with Gasteiger partial charge in [-0.2, -0.15) is 0 Å². The number of fused-ring (bicyclic) bond motifs is 1. The van der Waals surface area contributed by atoms with Crippen LogP contribution >= 0.6 is 0 Å². The summed E-state index contributed by atoms with van der Waals surface area (Å²) < 4.78 is 0. The summed E-state index contributed by atoms with van der Waals surface area (Å²) in [5.74, 6) is -0.936. The van der Waals surface area contributed by atoms with Gasteiger partial charge in [-0.1, -0.05) is 30.3 Å². The molecule has 0 fully saturated rings. The molecule has 0 radical (unpaired) electrons. The molecule has 1 aliphatic carbocycles. The predicted octanol–water partition coefficient (Wildman–Crippen LogP) is 2.56. The summed E-state index contributed by atoms with van der Waals surface area (Å²) in [6.07, 6.45) is 3.21. The fourth-order valence-electron chi connectivity index (χ4n) is 2.66. The molecule has 1 N–H and O–H groups in total. The topological polar surface area (TPSA) is 53.2 Å². The molecule has 0 bridgehead atoms. The average Bonchev–Trinajstić information content (AvgIpc) is 2.86. The number of carbonyl (C=O) groups excluding carboxylic acids is 2. The van der Waals surface area contributed by atoms with Crippen molar-refractivity contribution < 1.29 is 9.59 Å². The minimum absolute atomic E-state index is 0.398. The van der Waals surface area contributed by atoms with E-state index >= 15 is 0 Å². The molecular weight excluding hydrogens is 264 g/mol. The Hall–Kier alpha value is -2.62. The van der Waals surface area contributed by atoms with Crippen LogP contribution in [0.4, 0.5) is 0 Å². The Kier molecular flexibility index (Phi) is 3.22. The number of nitrogens with zero attached hydrogens (tertiary/aromatic N) is 1. The first kappa shape index (κ1) is 13.4. The van der Waals surface area contributed by atoms with E-state index in [1.807, 2.05) is 49.2 Å². The van der Waals surface area contributed by atoms with Crippen LogP contribution in [0.15, 0.2) is 42.6 Å². The monoisotopic (exact) mass is 280 g/mol. The molecule has 4 heteroatoms. The number of ketones is 2. The Morgan fingerprint density at radius 3 is 2.57 bits per heavy atom. The van der Waals surface area contributed by atoms with E-state index in [-0.39, 0.29) is 0 Å². The largest absolute Gasteiger partial charge is 0.370 e. The van der Waals surface area contributed by atoms with Crippen molar-refractivity contribution in [3.05, 3.63) is 65.0 Å².